The van der Waals surface area contributed by atoms with Crippen molar-refractivity contribution < 1.29 is 0 Å². The van der Waals surface area contributed by atoms with Crippen molar-refractivity contribution in [3.05, 3.63) is 27.1 Å². The summed E-state index contributed by atoms with van der Waals surface area (Å²) in [6.45, 7) is 3.40. The fourth-order valence-corrected chi connectivity index (χ4v) is 3.78. The Morgan fingerprint density at radius 2 is 2.06 bits per heavy atom. The van der Waals surface area contributed by atoms with Crippen LogP contribution >= 0.6 is 31.9 Å². The molecular formula is C12H16Br2N2. The van der Waals surface area contributed by atoms with E-state index in [1.165, 1.54) is 21.1 Å². The van der Waals surface area contributed by atoms with Gasteiger partial charge in [0.25, 0.3) is 0 Å². The summed E-state index contributed by atoms with van der Waals surface area (Å²) in [5.41, 5.74) is 1.29. The maximum absolute atomic E-state index is 3.63. The molecule has 1 aliphatic rings. The Hall–Kier alpha value is -0.0600. The molecule has 0 aromatic heterocycles. The summed E-state index contributed by atoms with van der Waals surface area (Å²) in [4.78, 5) is 2.45. The van der Waals surface area contributed by atoms with Crippen LogP contribution in [-0.2, 0) is 0 Å². The van der Waals surface area contributed by atoms with Crippen molar-refractivity contribution in [3.8, 4) is 0 Å². The quantitative estimate of drug-likeness (QED) is 0.902. The van der Waals surface area contributed by atoms with Gasteiger partial charge in [0, 0.05) is 22.0 Å². The van der Waals surface area contributed by atoms with Crippen LogP contribution in [-0.4, -0.2) is 26.7 Å². The molecule has 1 aromatic carbocycles. The van der Waals surface area contributed by atoms with Crippen LogP contribution in [0, 0.1) is 5.92 Å². The first kappa shape index (κ1) is 12.4. The van der Waals surface area contributed by atoms with E-state index in [1.54, 1.807) is 0 Å². The first-order valence-corrected chi connectivity index (χ1v) is 7.14. The standard InChI is InChI=1S/C12H16Br2N2/c1-15-7-9-5-6-16(8-9)12-10(13)3-2-4-11(12)14/h2-4,9,15H,5-8H2,1H3. The van der Waals surface area contributed by atoms with E-state index >= 15 is 0 Å². The van der Waals surface area contributed by atoms with Gasteiger partial charge in [-0.3, -0.25) is 0 Å². The van der Waals surface area contributed by atoms with Gasteiger partial charge in [-0.15, -0.1) is 0 Å². The molecule has 1 N–H and O–H groups in total. The molecule has 1 fully saturated rings. The number of nitrogens with one attached hydrogen (secondary N) is 1. The second-order valence-electron chi connectivity index (χ2n) is 4.23. The van der Waals surface area contributed by atoms with E-state index in [0.717, 1.165) is 25.6 Å². The van der Waals surface area contributed by atoms with Crippen LogP contribution < -0.4 is 10.2 Å². The van der Waals surface area contributed by atoms with E-state index in [1.807, 2.05) is 7.05 Å². The molecule has 1 saturated heterocycles. The fraction of sp³-hybridized carbons (Fsp3) is 0.500. The number of benzene rings is 1. The zero-order chi connectivity index (χ0) is 11.5. The Bertz CT molecular complexity index is 348. The van der Waals surface area contributed by atoms with Crippen molar-refractivity contribution in [2.75, 3.05) is 31.6 Å². The van der Waals surface area contributed by atoms with Gasteiger partial charge in [0.15, 0.2) is 0 Å². The molecule has 0 spiro atoms. The molecule has 0 amide bonds. The Morgan fingerprint density at radius 1 is 1.38 bits per heavy atom. The highest BCUT2D eigenvalue weighted by atomic mass is 79.9. The van der Waals surface area contributed by atoms with Crippen molar-refractivity contribution >= 4 is 37.5 Å². The van der Waals surface area contributed by atoms with Gasteiger partial charge < -0.3 is 10.2 Å². The minimum absolute atomic E-state index is 0.768. The number of hydrogen-bond acceptors (Lipinski definition) is 2. The van der Waals surface area contributed by atoms with E-state index in [9.17, 15) is 0 Å². The monoisotopic (exact) mass is 346 g/mol. The average Bonchev–Trinajstić information content (AvgIpc) is 2.67. The normalized spacial score (nSPS) is 20.4. The number of para-hydroxylation sites is 1. The maximum Gasteiger partial charge on any atom is 0.0655 e. The van der Waals surface area contributed by atoms with E-state index in [-0.39, 0.29) is 0 Å². The van der Waals surface area contributed by atoms with Gasteiger partial charge in [-0.25, -0.2) is 0 Å². The van der Waals surface area contributed by atoms with E-state index in [4.69, 9.17) is 0 Å². The molecule has 1 aromatic rings. The lowest BCUT2D eigenvalue weighted by Crippen LogP contribution is -2.24. The van der Waals surface area contributed by atoms with Gasteiger partial charge >= 0.3 is 0 Å². The third kappa shape index (κ3) is 2.60. The number of halogens is 2. The minimum Gasteiger partial charge on any atom is -0.369 e. The largest absolute Gasteiger partial charge is 0.369 e. The average molecular weight is 348 g/mol. The summed E-state index contributed by atoms with van der Waals surface area (Å²) < 4.78 is 2.35. The molecule has 88 valence electrons. The second-order valence-corrected chi connectivity index (χ2v) is 5.94. The van der Waals surface area contributed by atoms with Crippen molar-refractivity contribution in [1.82, 2.24) is 5.32 Å². The lowest BCUT2D eigenvalue weighted by molar-refractivity contribution is 0.549. The summed E-state index contributed by atoms with van der Waals surface area (Å²) in [7, 11) is 2.02. The van der Waals surface area contributed by atoms with Gasteiger partial charge in [-0.1, -0.05) is 6.07 Å². The van der Waals surface area contributed by atoms with Gasteiger partial charge in [0.1, 0.15) is 0 Å². The van der Waals surface area contributed by atoms with Crippen LogP contribution in [0.1, 0.15) is 6.42 Å². The molecule has 0 saturated carbocycles. The highest BCUT2D eigenvalue weighted by molar-refractivity contribution is 9.11. The van der Waals surface area contributed by atoms with Crippen molar-refractivity contribution in [2.45, 2.75) is 6.42 Å². The fourth-order valence-electron chi connectivity index (χ4n) is 2.28. The lowest BCUT2D eigenvalue weighted by Gasteiger charge is -2.21. The number of anilines is 1. The van der Waals surface area contributed by atoms with Crippen molar-refractivity contribution in [3.63, 3.8) is 0 Å². The predicted molar refractivity (Wildman–Crippen MR) is 76.1 cm³/mol. The SMILES string of the molecule is CNCC1CCN(c2c(Br)cccc2Br)C1. The van der Waals surface area contributed by atoms with Gasteiger partial charge in [0.05, 0.1) is 5.69 Å². The minimum atomic E-state index is 0.768. The lowest BCUT2D eigenvalue weighted by atomic mass is 10.1. The topological polar surface area (TPSA) is 15.3 Å². The first-order valence-electron chi connectivity index (χ1n) is 5.56. The molecule has 2 nitrogen and oxygen atoms in total. The van der Waals surface area contributed by atoms with E-state index in [2.05, 4.69) is 60.3 Å². The van der Waals surface area contributed by atoms with Crippen LogP contribution in [0.5, 0.6) is 0 Å². The Labute approximate surface area is 114 Å². The van der Waals surface area contributed by atoms with Gasteiger partial charge in [-0.2, -0.15) is 0 Å². The highest BCUT2D eigenvalue weighted by Crippen LogP contribution is 2.36. The molecule has 4 heteroatoms. The molecule has 0 aliphatic carbocycles. The zero-order valence-electron chi connectivity index (χ0n) is 9.34. The van der Waals surface area contributed by atoms with E-state index < -0.39 is 0 Å². The predicted octanol–water partition coefficient (Wildman–Crippen LogP) is 3.26. The Morgan fingerprint density at radius 3 is 2.69 bits per heavy atom. The van der Waals surface area contributed by atoms with Crippen molar-refractivity contribution in [1.29, 1.82) is 0 Å². The molecule has 0 bridgehead atoms. The van der Waals surface area contributed by atoms with Crippen LogP contribution in [0.2, 0.25) is 0 Å². The van der Waals surface area contributed by atoms with Crippen LogP contribution in [0.3, 0.4) is 0 Å². The third-order valence-corrected chi connectivity index (χ3v) is 4.31. The highest BCUT2D eigenvalue weighted by Gasteiger charge is 2.24. The number of hydrogen-bond donors (Lipinski definition) is 1. The summed E-state index contributed by atoms with van der Waals surface area (Å²) in [5, 5.41) is 3.26. The molecular weight excluding hydrogens is 332 g/mol. The zero-order valence-corrected chi connectivity index (χ0v) is 12.5. The third-order valence-electron chi connectivity index (χ3n) is 3.03. The number of nitrogens with zero attached hydrogens (tertiary/aromatic N) is 1. The van der Waals surface area contributed by atoms with E-state index in [0.29, 0.717) is 0 Å². The molecule has 1 atom stereocenters. The van der Waals surface area contributed by atoms with Crippen LogP contribution in [0.4, 0.5) is 5.69 Å². The molecule has 16 heavy (non-hydrogen) atoms. The second kappa shape index (κ2) is 5.52. The van der Waals surface area contributed by atoms with Crippen LogP contribution in [0.15, 0.2) is 27.1 Å². The molecule has 0 radical (unpaired) electrons. The first-order chi connectivity index (χ1) is 7.72. The molecule has 1 unspecified atom stereocenters. The van der Waals surface area contributed by atoms with Gasteiger partial charge in [-0.05, 0) is 69.9 Å². The summed E-state index contributed by atoms with van der Waals surface area (Å²) >= 11 is 7.26. The maximum atomic E-state index is 3.63. The molecule has 2 rings (SSSR count). The molecule has 1 heterocycles. The Kier molecular flexibility index (Phi) is 4.27. The summed E-state index contributed by atoms with van der Waals surface area (Å²) in [6, 6.07) is 6.26. The van der Waals surface area contributed by atoms with Crippen molar-refractivity contribution in [2.24, 2.45) is 5.92 Å². The van der Waals surface area contributed by atoms with Crippen LogP contribution in [0.25, 0.3) is 0 Å². The Balaban J connectivity index is 2.14. The number of rotatable bonds is 3. The molecule has 1 aliphatic heterocycles. The summed E-state index contributed by atoms with van der Waals surface area (Å²) in [5.74, 6) is 0.768. The summed E-state index contributed by atoms with van der Waals surface area (Å²) in [6.07, 6.45) is 1.27. The van der Waals surface area contributed by atoms with Gasteiger partial charge in [0.2, 0.25) is 0 Å². The smallest absolute Gasteiger partial charge is 0.0655 e.